The molecule has 3 rings (SSSR count). The highest BCUT2D eigenvalue weighted by Gasteiger charge is 2.23. The Balaban J connectivity index is 1.31. The quantitative estimate of drug-likeness (QED) is 0.681. The number of piperidine rings is 1. The molecule has 3 nitrogen and oxygen atoms in total. The van der Waals surface area contributed by atoms with Gasteiger partial charge in [-0.05, 0) is 42.9 Å². The standard InChI is InChI=1S/C23H27NO2/c25-23(22-11-5-2-6-12-22)24-16-13-21(14-17-24)15-19-26-18-7-10-20-8-3-1-4-9-20/h1-12,21H,13-19H2/b10-7+. The van der Waals surface area contributed by atoms with Gasteiger partial charge in [0.25, 0.3) is 5.91 Å². The Bertz CT molecular complexity index is 689. The first-order chi connectivity index (χ1) is 12.8. The van der Waals surface area contributed by atoms with Crippen LogP contribution in [0.5, 0.6) is 0 Å². The lowest BCUT2D eigenvalue weighted by Crippen LogP contribution is -2.38. The predicted molar refractivity (Wildman–Crippen MR) is 106 cm³/mol. The number of hydrogen-bond donors (Lipinski definition) is 0. The molecule has 1 aliphatic rings. The molecular formula is C23H27NO2. The zero-order valence-corrected chi connectivity index (χ0v) is 15.2. The van der Waals surface area contributed by atoms with Crippen molar-refractivity contribution in [3.05, 3.63) is 77.9 Å². The maximum atomic E-state index is 12.4. The first-order valence-electron chi connectivity index (χ1n) is 9.46. The average Bonchev–Trinajstić information content (AvgIpc) is 2.72. The van der Waals surface area contributed by atoms with Crippen molar-refractivity contribution < 1.29 is 9.53 Å². The fraction of sp³-hybridized carbons (Fsp3) is 0.348. The van der Waals surface area contributed by atoms with E-state index in [2.05, 4.69) is 24.3 Å². The van der Waals surface area contributed by atoms with Gasteiger partial charge in [-0.3, -0.25) is 4.79 Å². The summed E-state index contributed by atoms with van der Waals surface area (Å²) in [5.41, 5.74) is 1.99. The van der Waals surface area contributed by atoms with Crippen molar-refractivity contribution in [3.8, 4) is 0 Å². The summed E-state index contributed by atoms with van der Waals surface area (Å²) in [6.45, 7) is 3.15. The monoisotopic (exact) mass is 349 g/mol. The van der Waals surface area contributed by atoms with Crippen molar-refractivity contribution in [2.75, 3.05) is 26.3 Å². The van der Waals surface area contributed by atoms with Crippen LogP contribution in [-0.4, -0.2) is 37.1 Å². The molecule has 0 atom stereocenters. The third-order valence-corrected chi connectivity index (χ3v) is 4.92. The summed E-state index contributed by atoms with van der Waals surface area (Å²) in [6, 6.07) is 19.8. The maximum Gasteiger partial charge on any atom is 0.253 e. The normalized spacial score (nSPS) is 15.5. The van der Waals surface area contributed by atoms with Crippen molar-refractivity contribution in [1.82, 2.24) is 4.90 Å². The molecule has 1 fully saturated rings. The van der Waals surface area contributed by atoms with Crippen LogP contribution in [0.2, 0.25) is 0 Å². The van der Waals surface area contributed by atoms with Crippen LogP contribution in [0.15, 0.2) is 66.7 Å². The highest BCUT2D eigenvalue weighted by atomic mass is 16.5. The molecule has 1 aliphatic heterocycles. The number of benzene rings is 2. The van der Waals surface area contributed by atoms with Gasteiger partial charge in [-0.2, -0.15) is 0 Å². The minimum atomic E-state index is 0.159. The second-order valence-corrected chi connectivity index (χ2v) is 6.78. The average molecular weight is 349 g/mol. The van der Waals surface area contributed by atoms with Gasteiger partial charge < -0.3 is 9.64 Å². The molecule has 26 heavy (non-hydrogen) atoms. The van der Waals surface area contributed by atoms with E-state index in [9.17, 15) is 4.79 Å². The van der Waals surface area contributed by atoms with Gasteiger partial charge in [0.1, 0.15) is 0 Å². The first kappa shape index (κ1) is 18.4. The van der Waals surface area contributed by atoms with Crippen LogP contribution in [0.25, 0.3) is 6.08 Å². The Kier molecular flexibility index (Phi) is 7.03. The van der Waals surface area contributed by atoms with E-state index in [0.29, 0.717) is 12.5 Å². The fourth-order valence-electron chi connectivity index (χ4n) is 3.34. The van der Waals surface area contributed by atoms with Gasteiger partial charge in [0, 0.05) is 25.3 Å². The van der Waals surface area contributed by atoms with E-state index in [4.69, 9.17) is 4.74 Å². The molecule has 1 amide bonds. The van der Waals surface area contributed by atoms with E-state index in [-0.39, 0.29) is 5.91 Å². The van der Waals surface area contributed by atoms with Crippen molar-refractivity contribution in [2.24, 2.45) is 5.92 Å². The largest absolute Gasteiger partial charge is 0.377 e. The van der Waals surface area contributed by atoms with Gasteiger partial charge >= 0.3 is 0 Å². The first-order valence-corrected chi connectivity index (χ1v) is 9.46. The summed E-state index contributed by atoms with van der Waals surface area (Å²) in [5.74, 6) is 0.819. The number of ether oxygens (including phenoxy) is 1. The molecule has 136 valence electrons. The Morgan fingerprint density at radius 2 is 1.65 bits per heavy atom. The maximum absolute atomic E-state index is 12.4. The molecule has 2 aromatic rings. The molecule has 1 saturated heterocycles. The number of nitrogens with zero attached hydrogens (tertiary/aromatic N) is 1. The Labute approximate surface area is 156 Å². The van der Waals surface area contributed by atoms with E-state index in [1.54, 1.807) is 0 Å². The zero-order chi connectivity index (χ0) is 18.0. The van der Waals surface area contributed by atoms with Gasteiger partial charge in [-0.15, -0.1) is 0 Å². The van der Waals surface area contributed by atoms with Gasteiger partial charge in [0.05, 0.1) is 6.61 Å². The topological polar surface area (TPSA) is 29.5 Å². The van der Waals surface area contributed by atoms with Crippen LogP contribution in [0, 0.1) is 5.92 Å². The third kappa shape index (κ3) is 5.57. The Hall–Kier alpha value is -2.39. The summed E-state index contributed by atoms with van der Waals surface area (Å²) in [5, 5.41) is 0. The summed E-state index contributed by atoms with van der Waals surface area (Å²) in [4.78, 5) is 14.4. The minimum absolute atomic E-state index is 0.159. The van der Waals surface area contributed by atoms with Gasteiger partial charge in [0.2, 0.25) is 0 Å². The van der Waals surface area contributed by atoms with Crippen LogP contribution in [0.3, 0.4) is 0 Å². The van der Waals surface area contributed by atoms with Crippen LogP contribution in [0.1, 0.15) is 35.2 Å². The lowest BCUT2D eigenvalue weighted by atomic mass is 9.93. The second-order valence-electron chi connectivity index (χ2n) is 6.78. The summed E-state index contributed by atoms with van der Waals surface area (Å²) in [6.07, 6.45) is 7.38. The van der Waals surface area contributed by atoms with E-state index in [1.165, 1.54) is 5.56 Å². The molecule has 0 unspecified atom stereocenters. The number of carbonyl (C=O) groups excluding carboxylic acids is 1. The second kappa shape index (κ2) is 9.93. The summed E-state index contributed by atoms with van der Waals surface area (Å²) in [7, 11) is 0. The molecule has 0 aromatic heterocycles. The van der Waals surface area contributed by atoms with Crippen molar-refractivity contribution >= 4 is 12.0 Å². The molecular weight excluding hydrogens is 322 g/mol. The molecule has 0 saturated carbocycles. The van der Waals surface area contributed by atoms with E-state index in [1.807, 2.05) is 53.4 Å². The van der Waals surface area contributed by atoms with Crippen molar-refractivity contribution in [3.63, 3.8) is 0 Å². The summed E-state index contributed by atoms with van der Waals surface area (Å²) >= 11 is 0. The Morgan fingerprint density at radius 1 is 1.00 bits per heavy atom. The molecule has 0 spiro atoms. The van der Waals surface area contributed by atoms with E-state index in [0.717, 1.165) is 44.5 Å². The molecule has 0 bridgehead atoms. The van der Waals surface area contributed by atoms with E-state index >= 15 is 0 Å². The SMILES string of the molecule is O=C(c1ccccc1)N1CCC(CCOC/C=C/c2ccccc2)CC1. The summed E-state index contributed by atoms with van der Waals surface area (Å²) < 4.78 is 5.73. The third-order valence-electron chi connectivity index (χ3n) is 4.92. The molecule has 3 heteroatoms. The van der Waals surface area contributed by atoms with Crippen LogP contribution >= 0.6 is 0 Å². The van der Waals surface area contributed by atoms with Gasteiger partial charge in [0.15, 0.2) is 0 Å². The Morgan fingerprint density at radius 3 is 2.35 bits per heavy atom. The molecule has 0 N–H and O–H groups in total. The van der Waals surface area contributed by atoms with Gasteiger partial charge in [-0.1, -0.05) is 60.7 Å². The number of hydrogen-bond acceptors (Lipinski definition) is 2. The fourth-order valence-corrected chi connectivity index (χ4v) is 3.34. The number of amides is 1. The van der Waals surface area contributed by atoms with Crippen LogP contribution in [0.4, 0.5) is 0 Å². The number of likely N-dealkylation sites (tertiary alicyclic amines) is 1. The number of rotatable bonds is 7. The zero-order valence-electron chi connectivity index (χ0n) is 15.2. The van der Waals surface area contributed by atoms with Crippen molar-refractivity contribution in [2.45, 2.75) is 19.3 Å². The van der Waals surface area contributed by atoms with Gasteiger partial charge in [-0.25, -0.2) is 0 Å². The van der Waals surface area contributed by atoms with Crippen molar-refractivity contribution in [1.29, 1.82) is 0 Å². The highest BCUT2D eigenvalue weighted by molar-refractivity contribution is 5.94. The molecule has 2 aromatic carbocycles. The lowest BCUT2D eigenvalue weighted by Gasteiger charge is -2.32. The number of carbonyl (C=O) groups is 1. The smallest absolute Gasteiger partial charge is 0.253 e. The molecule has 0 aliphatic carbocycles. The van der Waals surface area contributed by atoms with Crippen LogP contribution < -0.4 is 0 Å². The minimum Gasteiger partial charge on any atom is -0.377 e. The van der Waals surface area contributed by atoms with E-state index < -0.39 is 0 Å². The molecule has 1 heterocycles. The molecule has 0 radical (unpaired) electrons. The highest BCUT2D eigenvalue weighted by Crippen LogP contribution is 2.21. The predicted octanol–water partition coefficient (Wildman–Crippen LogP) is 4.66. The lowest BCUT2D eigenvalue weighted by molar-refractivity contribution is 0.0662. The van der Waals surface area contributed by atoms with Crippen LogP contribution in [-0.2, 0) is 4.74 Å².